The van der Waals surface area contributed by atoms with Crippen LogP contribution in [-0.4, -0.2) is 23.7 Å². The van der Waals surface area contributed by atoms with Crippen LogP contribution in [0.25, 0.3) is 22.0 Å². The summed E-state index contributed by atoms with van der Waals surface area (Å²) in [5.74, 6) is 0.997. The minimum Gasteiger partial charge on any atom is -0.457 e. The number of nitriles is 1. The summed E-state index contributed by atoms with van der Waals surface area (Å²) in [7, 11) is -1.84. The highest BCUT2D eigenvalue weighted by Crippen LogP contribution is 2.38. The average molecular weight is 463 g/mol. The van der Waals surface area contributed by atoms with Gasteiger partial charge in [0.25, 0.3) is 5.56 Å². The number of hydrogen-bond donors (Lipinski definition) is 2. The topological polar surface area (TPSA) is 117 Å². The molecular formula is C24H22N4O4S. The largest absolute Gasteiger partial charge is 0.457 e. The van der Waals surface area contributed by atoms with E-state index in [0.29, 0.717) is 51.2 Å². The number of hydrogen-bond acceptors (Lipinski definition) is 5. The molecule has 168 valence electrons. The highest BCUT2D eigenvalue weighted by Gasteiger charge is 2.17. The van der Waals surface area contributed by atoms with E-state index in [9.17, 15) is 13.2 Å². The third-order valence-electron chi connectivity index (χ3n) is 5.12. The number of H-pyrrole nitrogens is 1. The standard InChI is InChI=1S/C24H22N4O4S/c1-3-12-33(30,31)27-17-6-9-22(32-18-7-4-16(14-25)5-8-18)20(13-17)21-15-28(2)24(29)23-19(21)10-11-26-23/h4-11,13,15,26-27H,3,12H2,1-2H3. The Hall–Kier alpha value is -4.03. The smallest absolute Gasteiger partial charge is 0.274 e. The van der Waals surface area contributed by atoms with E-state index in [4.69, 9.17) is 10.00 Å². The van der Waals surface area contributed by atoms with Crippen LogP contribution in [0.2, 0.25) is 0 Å². The maximum absolute atomic E-state index is 12.5. The van der Waals surface area contributed by atoms with Gasteiger partial charge in [0.15, 0.2) is 0 Å². The van der Waals surface area contributed by atoms with E-state index in [1.54, 1.807) is 74.9 Å². The molecule has 4 rings (SSSR count). The fourth-order valence-corrected chi connectivity index (χ4v) is 4.73. The molecule has 33 heavy (non-hydrogen) atoms. The molecule has 0 saturated carbocycles. The van der Waals surface area contributed by atoms with Crippen LogP contribution in [0, 0.1) is 11.3 Å². The number of nitrogens with zero attached hydrogens (tertiary/aromatic N) is 2. The number of aromatic nitrogens is 2. The number of nitrogens with one attached hydrogen (secondary N) is 2. The van der Waals surface area contributed by atoms with Gasteiger partial charge in [-0.05, 0) is 55.0 Å². The Morgan fingerprint density at radius 1 is 1.12 bits per heavy atom. The zero-order valence-electron chi connectivity index (χ0n) is 18.1. The Balaban J connectivity index is 1.87. The molecule has 9 heteroatoms. The summed E-state index contributed by atoms with van der Waals surface area (Å²) in [5, 5.41) is 9.71. The molecule has 0 atom stereocenters. The molecule has 2 aromatic carbocycles. The van der Waals surface area contributed by atoms with Gasteiger partial charge in [0.1, 0.15) is 17.0 Å². The molecule has 2 aromatic heterocycles. The van der Waals surface area contributed by atoms with E-state index < -0.39 is 10.0 Å². The second-order valence-electron chi connectivity index (χ2n) is 7.60. The van der Waals surface area contributed by atoms with Crippen LogP contribution < -0.4 is 15.0 Å². The van der Waals surface area contributed by atoms with Crippen LogP contribution in [0.15, 0.2) is 65.7 Å². The van der Waals surface area contributed by atoms with E-state index in [-0.39, 0.29) is 11.3 Å². The first-order valence-corrected chi connectivity index (χ1v) is 12.0. The van der Waals surface area contributed by atoms with Crippen molar-refractivity contribution < 1.29 is 13.2 Å². The first-order chi connectivity index (χ1) is 15.8. The number of rotatable bonds is 7. The number of pyridine rings is 1. The van der Waals surface area contributed by atoms with Gasteiger partial charge in [-0.25, -0.2) is 8.42 Å². The predicted octanol–water partition coefficient (Wildman–Crippen LogP) is 4.35. The molecule has 0 radical (unpaired) electrons. The fraction of sp³-hybridized carbons (Fsp3) is 0.167. The van der Waals surface area contributed by atoms with Crippen molar-refractivity contribution in [2.75, 3.05) is 10.5 Å². The number of aromatic amines is 1. The minimum atomic E-state index is -3.49. The van der Waals surface area contributed by atoms with Crippen LogP contribution in [-0.2, 0) is 17.1 Å². The first-order valence-electron chi connectivity index (χ1n) is 10.3. The van der Waals surface area contributed by atoms with Gasteiger partial charge in [0, 0.05) is 41.6 Å². The third kappa shape index (κ3) is 4.61. The lowest BCUT2D eigenvalue weighted by atomic mass is 10.0. The second-order valence-corrected chi connectivity index (χ2v) is 9.44. The average Bonchev–Trinajstić information content (AvgIpc) is 3.28. The minimum absolute atomic E-state index is 0.00766. The Morgan fingerprint density at radius 2 is 1.88 bits per heavy atom. The number of fused-ring (bicyclic) bond motifs is 1. The van der Waals surface area contributed by atoms with Gasteiger partial charge in [-0.3, -0.25) is 9.52 Å². The molecule has 0 amide bonds. The molecule has 0 aliphatic rings. The van der Waals surface area contributed by atoms with E-state index in [1.807, 2.05) is 0 Å². The Bertz CT molecular complexity index is 1530. The SMILES string of the molecule is CCCS(=O)(=O)Nc1ccc(Oc2ccc(C#N)cc2)c(-c2cn(C)c(=O)c3[nH]ccc23)c1. The molecule has 0 unspecified atom stereocenters. The van der Waals surface area contributed by atoms with Crippen molar-refractivity contribution >= 4 is 26.6 Å². The van der Waals surface area contributed by atoms with Crippen LogP contribution in [0.4, 0.5) is 5.69 Å². The lowest BCUT2D eigenvalue weighted by molar-refractivity contribution is 0.484. The van der Waals surface area contributed by atoms with Gasteiger partial charge in [0.05, 0.1) is 17.4 Å². The zero-order valence-corrected chi connectivity index (χ0v) is 18.9. The summed E-state index contributed by atoms with van der Waals surface area (Å²) < 4.78 is 34.9. The maximum atomic E-state index is 12.5. The van der Waals surface area contributed by atoms with E-state index in [0.717, 1.165) is 0 Å². The van der Waals surface area contributed by atoms with Crippen molar-refractivity contribution in [1.29, 1.82) is 5.26 Å². The summed E-state index contributed by atoms with van der Waals surface area (Å²) in [5.41, 5.74) is 2.48. The van der Waals surface area contributed by atoms with E-state index in [2.05, 4.69) is 15.8 Å². The number of sulfonamides is 1. The normalized spacial score (nSPS) is 11.3. The molecule has 8 nitrogen and oxygen atoms in total. The van der Waals surface area contributed by atoms with Gasteiger partial charge < -0.3 is 14.3 Å². The van der Waals surface area contributed by atoms with Crippen molar-refractivity contribution in [1.82, 2.24) is 9.55 Å². The second kappa shape index (κ2) is 8.84. The summed E-state index contributed by atoms with van der Waals surface area (Å²) >= 11 is 0. The van der Waals surface area contributed by atoms with Crippen molar-refractivity contribution in [3.8, 4) is 28.7 Å². The van der Waals surface area contributed by atoms with Gasteiger partial charge in [-0.15, -0.1) is 0 Å². The highest BCUT2D eigenvalue weighted by molar-refractivity contribution is 7.92. The van der Waals surface area contributed by atoms with Crippen LogP contribution in [0.1, 0.15) is 18.9 Å². The Labute approximate surface area is 191 Å². The summed E-state index contributed by atoms with van der Waals surface area (Å²) in [4.78, 5) is 15.5. The number of ether oxygens (including phenoxy) is 1. The van der Waals surface area contributed by atoms with E-state index >= 15 is 0 Å². The first kappa shape index (κ1) is 22.2. The highest BCUT2D eigenvalue weighted by atomic mass is 32.2. The van der Waals surface area contributed by atoms with Crippen molar-refractivity contribution in [2.45, 2.75) is 13.3 Å². The van der Waals surface area contributed by atoms with Gasteiger partial charge in [-0.1, -0.05) is 6.92 Å². The number of anilines is 1. The van der Waals surface area contributed by atoms with Crippen molar-refractivity contribution in [3.63, 3.8) is 0 Å². The summed E-state index contributed by atoms with van der Waals surface area (Å²) in [6.45, 7) is 1.80. The molecule has 0 fully saturated rings. The third-order valence-corrected chi connectivity index (χ3v) is 6.61. The number of benzene rings is 2. The molecule has 0 saturated heterocycles. The molecule has 2 N–H and O–H groups in total. The Morgan fingerprint density at radius 3 is 2.58 bits per heavy atom. The van der Waals surface area contributed by atoms with Crippen LogP contribution >= 0.6 is 0 Å². The van der Waals surface area contributed by atoms with Gasteiger partial charge in [0.2, 0.25) is 10.0 Å². The van der Waals surface area contributed by atoms with Crippen LogP contribution in [0.3, 0.4) is 0 Å². The molecule has 4 aromatic rings. The molecule has 0 bridgehead atoms. The quantitative estimate of drug-likeness (QED) is 0.423. The van der Waals surface area contributed by atoms with Crippen molar-refractivity contribution in [3.05, 3.63) is 76.8 Å². The van der Waals surface area contributed by atoms with E-state index in [1.165, 1.54) is 4.57 Å². The lowest BCUT2D eigenvalue weighted by Gasteiger charge is -2.16. The molecule has 0 aliphatic heterocycles. The summed E-state index contributed by atoms with van der Waals surface area (Å²) in [6, 6.07) is 15.5. The zero-order chi connectivity index (χ0) is 23.6. The fourth-order valence-electron chi connectivity index (χ4n) is 3.60. The van der Waals surface area contributed by atoms with Gasteiger partial charge in [-0.2, -0.15) is 5.26 Å². The maximum Gasteiger partial charge on any atom is 0.274 e. The summed E-state index contributed by atoms with van der Waals surface area (Å²) in [6.07, 6.45) is 3.88. The Kier molecular flexibility index (Phi) is 5.94. The van der Waals surface area contributed by atoms with Crippen LogP contribution in [0.5, 0.6) is 11.5 Å². The number of aryl methyl sites for hydroxylation is 1. The van der Waals surface area contributed by atoms with Gasteiger partial charge >= 0.3 is 0 Å². The molecule has 2 heterocycles. The molecule has 0 aliphatic carbocycles. The van der Waals surface area contributed by atoms with Crippen molar-refractivity contribution in [2.24, 2.45) is 7.05 Å². The predicted molar refractivity (Wildman–Crippen MR) is 128 cm³/mol. The molecule has 0 spiro atoms. The molecular weight excluding hydrogens is 440 g/mol. The monoisotopic (exact) mass is 462 g/mol. The lowest BCUT2D eigenvalue weighted by Crippen LogP contribution is -2.17.